The number of carbonyl (C=O) groups is 1. The molecule has 1 fully saturated rings. The Labute approximate surface area is 176 Å². The third-order valence-electron chi connectivity index (χ3n) is 5.38. The topological polar surface area (TPSA) is 71.8 Å². The maximum Gasteiger partial charge on any atom is 0.417 e. The standard InChI is InChI=1S/C21H22F3N5O2/c1-31-17-5-2-14(3-6-17)12-19(30)25-16-8-10-28(11-9-16)20-27-26-18-7-4-15(13-29(18)20)21(22,23)24/h2-7,13,16H,8-12H2,1H3,(H,25,30). The lowest BCUT2D eigenvalue weighted by Crippen LogP contribution is -2.45. The van der Waals surface area contributed by atoms with Gasteiger partial charge in [-0.05, 0) is 42.7 Å². The SMILES string of the molecule is COc1ccc(CC(=O)NC2CCN(c3nnc4ccc(C(F)(F)F)cn34)CC2)cc1. The van der Waals surface area contributed by atoms with Crippen LogP contribution in [0.5, 0.6) is 5.75 Å². The predicted molar refractivity (Wildman–Crippen MR) is 108 cm³/mol. The fourth-order valence-electron chi connectivity index (χ4n) is 3.69. The predicted octanol–water partition coefficient (Wildman–Crippen LogP) is 3.08. The lowest BCUT2D eigenvalue weighted by Gasteiger charge is -2.32. The molecule has 1 aliphatic heterocycles. The van der Waals surface area contributed by atoms with Gasteiger partial charge in [-0.15, -0.1) is 10.2 Å². The van der Waals surface area contributed by atoms with Crippen LogP contribution in [0.1, 0.15) is 24.0 Å². The number of hydrogen-bond acceptors (Lipinski definition) is 5. The molecule has 4 rings (SSSR count). The molecule has 0 spiro atoms. The number of pyridine rings is 1. The van der Waals surface area contributed by atoms with E-state index in [1.807, 2.05) is 29.2 Å². The third kappa shape index (κ3) is 4.73. The fourth-order valence-corrected chi connectivity index (χ4v) is 3.69. The van der Waals surface area contributed by atoms with E-state index in [4.69, 9.17) is 4.74 Å². The van der Waals surface area contributed by atoms with Gasteiger partial charge in [0.15, 0.2) is 5.65 Å². The number of alkyl halides is 3. The number of ether oxygens (including phenoxy) is 1. The number of amides is 1. The lowest BCUT2D eigenvalue weighted by molar-refractivity contribution is -0.137. The molecule has 0 aliphatic carbocycles. The Morgan fingerprint density at radius 1 is 1.13 bits per heavy atom. The van der Waals surface area contributed by atoms with Gasteiger partial charge in [0.25, 0.3) is 0 Å². The van der Waals surface area contributed by atoms with Crippen LogP contribution < -0.4 is 15.0 Å². The van der Waals surface area contributed by atoms with Crippen molar-refractivity contribution in [1.29, 1.82) is 0 Å². The van der Waals surface area contributed by atoms with E-state index in [2.05, 4.69) is 15.5 Å². The summed E-state index contributed by atoms with van der Waals surface area (Å²) in [4.78, 5) is 14.3. The zero-order chi connectivity index (χ0) is 22.0. The largest absolute Gasteiger partial charge is 0.497 e. The second-order valence-electron chi connectivity index (χ2n) is 7.50. The van der Waals surface area contributed by atoms with Crippen molar-refractivity contribution in [2.75, 3.05) is 25.1 Å². The van der Waals surface area contributed by atoms with Crippen molar-refractivity contribution in [2.45, 2.75) is 31.5 Å². The number of nitrogens with one attached hydrogen (secondary N) is 1. The van der Waals surface area contributed by atoms with E-state index in [1.54, 1.807) is 7.11 Å². The first kappa shape index (κ1) is 21.0. The van der Waals surface area contributed by atoms with Crippen LogP contribution in [0.4, 0.5) is 19.1 Å². The molecule has 0 radical (unpaired) electrons. The van der Waals surface area contributed by atoms with Crippen LogP contribution in [0.3, 0.4) is 0 Å². The van der Waals surface area contributed by atoms with Gasteiger partial charge in [0, 0.05) is 25.3 Å². The zero-order valence-electron chi connectivity index (χ0n) is 16.9. The summed E-state index contributed by atoms with van der Waals surface area (Å²) in [5, 5.41) is 11.1. The quantitative estimate of drug-likeness (QED) is 0.670. The number of anilines is 1. The molecule has 1 amide bonds. The summed E-state index contributed by atoms with van der Waals surface area (Å²) in [6.45, 7) is 1.12. The number of methoxy groups -OCH3 is 1. The van der Waals surface area contributed by atoms with E-state index in [1.165, 1.54) is 10.5 Å². The molecule has 1 N–H and O–H groups in total. The van der Waals surface area contributed by atoms with E-state index < -0.39 is 11.7 Å². The molecule has 1 aromatic carbocycles. The van der Waals surface area contributed by atoms with Gasteiger partial charge in [0.05, 0.1) is 19.1 Å². The number of piperidine rings is 1. The van der Waals surface area contributed by atoms with Crippen LogP contribution in [0.15, 0.2) is 42.6 Å². The minimum Gasteiger partial charge on any atom is -0.497 e. The van der Waals surface area contributed by atoms with Crippen molar-refractivity contribution in [3.8, 4) is 5.75 Å². The Morgan fingerprint density at radius 3 is 2.48 bits per heavy atom. The monoisotopic (exact) mass is 433 g/mol. The van der Waals surface area contributed by atoms with Crippen molar-refractivity contribution in [1.82, 2.24) is 19.9 Å². The van der Waals surface area contributed by atoms with Crippen LogP contribution in [-0.4, -0.2) is 46.7 Å². The maximum atomic E-state index is 13.0. The zero-order valence-corrected chi connectivity index (χ0v) is 16.9. The number of benzene rings is 1. The molecule has 0 bridgehead atoms. The number of halogens is 3. The Bertz CT molecular complexity index is 1060. The molecule has 31 heavy (non-hydrogen) atoms. The fraction of sp³-hybridized carbons (Fsp3) is 0.381. The normalized spacial score (nSPS) is 15.3. The molecule has 7 nitrogen and oxygen atoms in total. The average Bonchev–Trinajstić information content (AvgIpc) is 3.17. The number of fused-ring (bicyclic) bond motifs is 1. The summed E-state index contributed by atoms with van der Waals surface area (Å²) < 4.78 is 45.6. The van der Waals surface area contributed by atoms with E-state index in [0.29, 0.717) is 37.5 Å². The van der Waals surface area contributed by atoms with E-state index in [0.717, 1.165) is 23.6 Å². The Kier molecular flexibility index (Phi) is 5.71. The Balaban J connectivity index is 1.35. The molecule has 0 saturated carbocycles. The van der Waals surface area contributed by atoms with Crippen LogP contribution in [0.2, 0.25) is 0 Å². The average molecular weight is 433 g/mol. The van der Waals surface area contributed by atoms with Gasteiger partial charge in [-0.1, -0.05) is 12.1 Å². The number of hydrogen-bond donors (Lipinski definition) is 1. The van der Waals surface area contributed by atoms with Crippen LogP contribution >= 0.6 is 0 Å². The van der Waals surface area contributed by atoms with Gasteiger partial charge in [0.1, 0.15) is 5.75 Å². The van der Waals surface area contributed by atoms with E-state index >= 15 is 0 Å². The summed E-state index contributed by atoms with van der Waals surface area (Å²) in [6.07, 6.45) is -1.80. The summed E-state index contributed by atoms with van der Waals surface area (Å²) >= 11 is 0. The Hall–Kier alpha value is -3.30. The van der Waals surface area contributed by atoms with Crippen LogP contribution in [0.25, 0.3) is 5.65 Å². The smallest absolute Gasteiger partial charge is 0.417 e. The number of nitrogens with zero attached hydrogens (tertiary/aromatic N) is 4. The number of rotatable bonds is 5. The lowest BCUT2D eigenvalue weighted by atomic mass is 10.0. The van der Waals surface area contributed by atoms with Gasteiger partial charge < -0.3 is 15.0 Å². The summed E-state index contributed by atoms with van der Waals surface area (Å²) in [5.41, 5.74) is 0.505. The molecular formula is C21H22F3N5O2. The third-order valence-corrected chi connectivity index (χ3v) is 5.38. The molecule has 10 heteroatoms. The highest BCUT2D eigenvalue weighted by Gasteiger charge is 2.32. The molecule has 0 unspecified atom stereocenters. The molecule has 164 valence electrons. The minimum atomic E-state index is -4.43. The molecule has 3 aromatic rings. The van der Waals surface area contributed by atoms with Gasteiger partial charge in [-0.3, -0.25) is 9.20 Å². The van der Waals surface area contributed by atoms with E-state index in [9.17, 15) is 18.0 Å². The summed E-state index contributed by atoms with van der Waals surface area (Å²) in [5.74, 6) is 1.05. The summed E-state index contributed by atoms with van der Waals surface area (Å²) in [6, 6.07) is 9.65. The second-order valence-corrected chi connectivity index (χ2v) is 7.50. The first-order valence-corrected chi connectivity index (χ1v) is 9.93. The minimum absolute atomic E-state index is 0.00641. The van der Waals surface area contributed by atoms with Crippen LogP contribution in [0, 0.1) is 0 Å². The molecular weight excluding hydrogens is 411 g/mol. The van der Waals surface area contributed by atoms with Crippen molar-refractivity contribution < 1.29 is 22.7 Å². The molecule has 1 saturated heterocycles. The molecule has 0 atom stereocenters. The highest BCUT2D eigenvalue weighted by molar-refractivity contribution is 5.79. The highest BCUT2D eigenvalue weighted by atomic mass is 19.4. The maximum absolute atomic E-state index is 13.0. The van der Waals surface area contributed by atoms with Crippen molar-refractivity contribution in [3.63, 3.8) is 0 Å². The first-order valence-electron chi connectivity index (χ1n) is 9.93. The van der Waals surface area contributed by atoms with Gasteiger partial charge in [0.2, 0.25) is 11.9 Å². The first-order chi connectivity index (χ1) is 14.8. The van der Waals surface area contributed by atoms with Crippen molar-refractivity contribution in [3.05, 3.63) is 53.7 Å². The molecule has 2 aromatic heterocycles. The highest BCUT2D eigenvalue weighted by Crippen LogP contribution is 2.30. The second kappa shape index (κ2) is 8.44. The van der Waals surface area contributed by atoms with Crippen molar-refractivity contribution >= 4 is 17.5 Å². The Morgan fingerprint density at radius 2 is 1.84 bits per heavy atom. The molecule has 3 heterocycles. The van der Waals surface area contributed by atoms with E-state index in [-0.39, 0.29) is 18.4 Å². The van der Waals surface area contributed by atoms with Gasteiger partial charge in [-0.2, -0.15) is 13.2 Å². The van der Waals surface area contributed by atoms with Crippen molar-refractivity contribution in [2.24, 2.45) is 0 Å². The van der Waals surface area contributed by atoms with Gasteiger partial charge in [-0.25, -0.2) is 0 Å². The molecule has 1 aliphatic rings. The summed E-state index contributed by atoms with van der Waals surface area (Å²) in [7, 11) is 1.59. The van der Waals surface area contributed by atoms with Crippen LogP contribution in [-0.2, 0) is 17.4 Å². The van der Waals surface area contributed by atoms with Gasteiger partial charge >= 0.3 is 6.18 Å². The number of aromatic nitrogens is 3. The number of carbonyl (C=O) groups excluding carboxylic acids is 1.